The van der Waals surface area contributed by atoms with Gasteiger partial charge in [0.2, 0.25) is 11.8 Å². The van der Waals surface area contributed by atoms with Crippen molar-refractivity contribution in [1.82, 2.24) is 9.97 Å². The fourth-order valence-corrected chi connectivity index (χ4v) is 7.70. The highest BCUT2D eigenvalue weighted by atomic mass is 16.4. The van der Waals surface area contributed by atoms with Gasteiger partial charge in [0, 0.05) is 28.2 Å². The van der Waals surface area contributed by atoms with Gasteiger partial charge in [-0.05, 0) is 147 Å². The normalized spacial score (nSPS) is 11.6. The Hall–Kier alpha value is -7.50. The maximum absolute atomic E-state index is 6.09. The molecule has 9 aromatic carbocycles. The van der Waals surface area contributed by atoms with E-state index in [1.54, 1.807) is 0 Å². The third-order valence-corrected chi connectivity index (χ3v) is 10.5. The molecular weight excluding hydrogens is 675 g/mol. The molecule has 258 valence electrons. The number of benzene rings is 9. The van der Waals surface area contributed by atoms with E-state index in [0.29, 0.717) is 11.8 Å². The molecule has 0 bridgehead atoms. The zero-order valence-corrected chi connectivity index (χ0v) is 29.6. The van der Waals surface area contributed by atoms with Crippen molar-refractivity contribution in [2.24, 2.45) is 0 Å². The molecule has 0 spiro atoms. The van der Waals surface area contributed by atoms with Gasteiger partial charge < -0.3 is 13.7 Å². The van der Waals surface area contributed by atoms with E-state index >= 15 is 0 Å². The number of hydrogen-bond donors (Lipinski definition) is 0. The molecule has 11 rings (SSSR count). The molecule has 0 amide bonds. The van der Waals surface area contributed by atoms with Gasteiger partial charge in [0.1, 0.15) is 11.0 Å². The number of nitrogens with zero attached hydrogens (tertiary/aromatic N) is 3. The Morgan fingerprint density at radius 2 is 0.836 bits per heavy atom. The fraction of sp³-hybridized carbons (Fsp3) is 0. The smallest absolute Gasteiger partial charge is 0.227 e. The summed E-state index contributed by atoms with van der Waals surface area (Å²) in [5.41, 5.74) is 10.5. The Morgan fingerprint density at radius 1 is 0.345 bits per heavy atom. The zero-order valence-electron chi connectivity index (χ0n) is 29.6. The molecule has 0 N–H and O–H groups in total. The van der Waals surface area contributed by atoms with Crippen molar-refractivity contribution in [2.45, 2.75) is 0 Å². The number of para-hydroxylation sites is 4. The Bertz CT molecular complexity index is 3030. The standard InChI is InChI=1S/C50H31N3O2/c1-2-9-35-31-44-38(28-34(35)8-1)10-7-11-43(44)39-17-16-37-30-42(27-22-36(37)29-39)53(40-23-18-32(19-24-40)49-51-45-12-3-5-14-47(45)54-49)41-25-20-33(21-26-41)50-52-46-13-4-6-15-48(46)55-50/h1-31H. The van der Waals surface area contributed by atoms with Gasteiger partial charge >= 0.3 is 0 Å². The molecule has 0 radical (unpaired) electrons. The number of anilines is 3. The third kappa shape index (κ3) is 5.49. The zero-order chi connectivity index (χ0) is 36.3. The molecule has 55 heavy (non-hydrogen) atoms. The monoisotopic (exact) mass is 705 g/mol. The molecule has 5 nitrogen and oxygen atoms in total. The van der Waals surface area contributed by atoms with Crippen molar-refractivity contribution in [3.05, 3.63) is 188 Å². The van der Waals surface area contributed by atoms with E-state index in [-0.39, 0.29) is 0 Å². The van der Waals surface area contributed by atoms with Crippen LogP contribution in [0.5, 0.6) is 0 Å². The number of fused-ring (bicyclic) bond motifs is 5. The molecule has 2 heterocycles. The summed E-state index contributed by atoms with van der Waals surface area (Å²) in [6.45, 7) is 0. The van der Waals surface area contributed by atoms with Crippen molar-refractivity contribution in [3.8, 4) is 34.0 Å². The predicted octanol–water partition coefficient (Wildman–Crippen LogP) is 13.9. The van der Waals surface area contributed by atoms with Crippen LogP contribution in [-0.2, 0) is 0 Å². The average molecular weight is 706 g/mol. The van der Waals surface area contributed by atoms with Crippen molar-refractivity contribution in [3.63, 3.8) is 0 Å². The van der Waals surface area contributed by atoms with Crippen LogP contribution in [0.25, 0.3) is 88.6 Å². The average Bonchev–Trinajstić information content (AvgIpc) is 3.88. The lowest BCUT2D eigenvalue weighted by Crippen LogP contribution is -2.09. The van der Waals surface area contributed by atoms with E-state index in [4.69, 9.17) is 18.8 Å². The van der Waals surface area contributed by atoms with E-state index in [2.05, 4.69) is 144 Å². The Balaban J connectivity index is 0.988. The first-order valence-electron chi connectivity index (χ1n) is 18.4. The van der Waals surface area contributed by atoms with Gasteiger partial charge in [0.05, 0.1) is 0 Å². The van der Waals surface area contributed by atoms with E-state index in [1.165, 1.54) is 38.1 Å². The molecule has 5 heteroatoms. The molecule has 0 aliphatic heterocycles. The summed E-state index contributed by atoms with van der Waals surface area (Å²) in [5.74, 6) is 1.20. The maximum atomic E-state index is 6.09. The summed E-state index contributed by atoms with van der Waals surface area (Å²) in [6, 6.07) is 65.7. The van der Waals surface area contributed by atoms with Gasteiger partial charge in [-0.3, -0.25) is 0 Å². The van der Waals surface area contributed by atoms with E-state index in [0.717, 1.165) is 55.8 Å². The molecule has 0 unspecified atom stereocenters. The molecule has 0 atom stereocenters. The fourth-order valence-electron chi connectivity index (χ4n) is 7.70. The van der Waals surface area contributed by atoms with Crippen LogP contribution in [0.4, 0.5) is 17.1 Å². The lowest BCUT2D eigenvalue weighted by Gasteiger charge is -2.26. The predicted molar refractivity (Wildman–Crippen MR) is 225 cm³/mol. The summed E-state index contributed by atoms with van der Waals surface area (Å²) in [6.07, 6.45) is 0. The maximum Gasteiger partial charge on any atom is 0.227 e. The van der Waals surface area contributed by atoms with Crippen molar-refractivity contribution < 1.29 is 8.83 Å². The minimum Gasteiger partial charge on any atom is -0.436 e. The largest absolute Gasteiger partial charge is 0.436 e. The highest BCUT2D eigenvalue weighted by Gasteiger charge is 2.17. The Kier molecular flexibility index (Phi) is 7.10. The van der Waals surface area contributed by atoms with E-state index < -0.39 is 0 Å². The second kappa shape index (κ2) is 12.6. The molecule has 2 aromatic heterocycles. The lowest BCUT2D eigenvalue weighted by molar-refractivity contribution is 0.619. The third-order valence-electron chi connectivity index (χ3n) is 10.5. The minimum absolute atomic E-state index is 0.600. The summed E-state index contributed by atoms with van der Waals surface area (Å²) in [4.78, 5) is 11.7. The first-order chi connectivity index (χ1) is 27.2. The van der Waals surface area contributed by atoms with Crippen molar-refractivity contribution in [2.75, 3.05) is 4.90 Å². The molecule has 0 aliphatic rings. The van der Waals surface area contributed by atoms with Crippen LogP contribution in [0.2, 0.25) is 0 Å². The van der Waals surface area contributed by atoms with Crippen molar-refractivity contribution in [1.29, 1.82) is 0 Å². The van der Waals surface area contributed by atoms with Crippen LogP contribution >= 0.6 is 0 Å². The van der Waals surface area contributed by atoms with E-state index in [9.17, 15) is 0 Å². The van der Waals surface area contributed by atoms with Crippen LogP contribution in [-0.4, -0.2) is 9.97 Å². The Morgan fingerprint density at radius 3 is 1.47 bits per heavy atom. The highest BCUT2D eigenvalue weighted by molar-refractivity contribution is 6.06. The minimum atomic E-state index is 0.600. The van der Waals surface area contributed by atoms with Gasteiger partial charge in [-0.25, -0.2) is 9.97 Å². The SMILES string of the molecule is c1ccc2cc3c(-c4ccc5cc(N(c6ccc(-c7nc8ccccc8o7)cc6)c6ccc(-c7nc8ccccc8o7)cc6)ccc5c4)cccc3cc2c1. The number of aromatic nitrogens is 2. The quantitative estimate of drug-likeness (QED) is 0.161. The first-order valence-corrected chi connectivity index (χ1v) is 18.4. The topological polar surface area (TPSA) is 55.3 Å². The van der Waals surface area contributed by atoms with Gasteiger partial charge in [-0.1, -0.05) is 84.9 Å². The molecular formula is C50H31N3O2. The number of hydrogen-bond acceptors (Lipinski definition) is 5. The second-order valence-electron chi connectivity index (χ2n) is 13.9. The first kappa shape index (κ1) is 31.1. The summed E-state index contributed by atoms with van der Waals surface area (Å²) in [5, 5.41) is 7.33. The molecule has 11 aromatic rings. The second-order valence-corrected chi connectivity index (χ2v) is 13.9. The molecule has 0 fully saturated rings. The van der Waals surface area contributed by atoms with Gasteiger partial charge in [-0.15, -0.1) is 0 Å². The summed E-state index contributed by atoms with van der Waals surface area (Å²) >= 11 is 0. The number of oxazole rings is 2. The van der Waals surface area contributed by atoms with Crippen LogP contribution in [0.1, 0.15) is 0 Å². The van der Waals surface area contributed by atoms with Gasteiger partial charge in [-0.2, -0.15) is 0 Å². The van der Waals surface area contributed by atoms with Crippen molar-refractivity contribution >= 4 is 71.6 Å². The number of rotatable bonds is 6. The Labute approximate surface area is 316 Å². The van der Waals surface area contributed by atoms with Crippen LogP contribution < -0.4 is 4.90 Å². The highest BCUT2D eigenvalue weighted by Crippen LogP contribution is 2.40. The van der Waals surface area contributed by atoms with Crippen LogP contribution in [0, 0.1) is 0 Å². The van der Waals surface area contributed by atoms with Crippen LogP contribution in [0.3, 0.4) is 0 Å². The summed E-state index contributed by atoms with van der Waals surface area (Å²) in [7, 11) is 0. The van der Waals surface area contributed by atoms with Gasteiger partial charge in [0.25, 0.3) is 0 Å². The van der Waals surface area contributed by atoms with Gasteiger partial charge in [0.15, 0.2) is 11.2 Å². The van der Waals surface area contributed by atoms with E-state index in [1.807, 2.05) is 48.5 Å². The van der Waals surface area contributed by atoms with Crippen LogP contribution in [0.15, 0.2) is 197 Å². The molecule has 0 saturated carbocycles. The lowest BCUT2D eigenvalue weighted by atomic mass is 9.94. The molecule has 0 aliphatic carbocycles. The summed E-state index contributed by atoms with van der Waals surface area (Å²) < 4.78 is 12.2. The molecule has 0 saturated heterocycles.